The molecule has 0 amide bonds. The molecule has 1 N–H and O–H groups in total. The van der Waals surface area contributed by atoms with Gasteiger partial charge in [-0.2, -0.15) is 9.49 Å². The topological polar surface area (TPSA) is 124 Å². The van der Waals surface area contributed by atoms with Gasteiger partial charge in [0.15, 0.2) is 0 Å². The van der Waals surface area contributed by atoms with Gasteiger partial charge in [0.1, 0.15) is 5.82 Å². The number of non-ortho nitro benzene ring substituents is 1. The lowest BCUT2D eigenvalue weighted by atomic mass is 9.81. The Morgan fingerprint density at radius 3 is 2.67 bits per heavy atom. The highest BCUT2D eigenvalue weighted by atomic mass is 19.1. The SMILES string of the molecule is O=[N+]([O-])c1ccc([C@@H]2CCCC/C2=N\Nc2cccc(F)n2)c([N+](=O)[O-])c1. The minimum absolute atomic E-state index is 0.227. The fraction of sp³-hybridized carbons (Fsp3) is 0.294. The average molecular weight is 373 g/mol. The van der Waals surface area contributed by atoms with Crippen molar-refractivity contribution in [1.29, 1.82) is 0 Å². The summed E-state index contributed by atoms with van der Waals surface area (Å²) in [6.45, 7) is 0. The summed E-state index contributed by atoms with van der Waals surface area (Å²) >= 11 is 0. The Morgan fingerprint density at radius 2 is 1.96 bits per heavy atom. The minimum Gasteiger partial charge on any atom is -0.261 e. The van der Waals surface area contributed by atoms with E-state index in [1.807, 2.05) is 0 Å². The second kappa shape index (κ2) is 7.85. The normalized spacial score (nSPS) is 18.3. The van der Waals surface area contributed by atoms with E-state index in [0.29, 0.717) is 24.1 Å². The number of halogens is 1. The van der Waals surface area contributed by atoms with Crippen molar-refractivity contribution in [3.05, 3.63) is 68.1 Å². The molecule has 1 aliphatic rings. The van der Waals surface area contributed by atoms with Crippen molar-refractivity contribution in [3.63, 3.8) is 0 Å². The van der Waals surface area contributed by atoms with Gasteiger partial charge < -0.3 is 0 Å². The van der Waals surface area contributed by atoms with Crippen LogP contribution in [0.5, 0.6) is 0 Å². The number of nitrogens with one attached hydrogen (secondary N) is 1. The highest BCUT2D eigenvalue weighted by molar-refractivity contribution is 5.93. The first-order valence-corrected chi connectivity index (χ1v) is 8.33. The molecular weight excluding hydrogens is 357 g/mol. The van der Waals surface area contributed by atoms with E-state index in [2.05, 4.69) is 15.5 Å². The summed E-state index contributed by atoms with van der Waals surface area (Å²) in [5.41, 5.74) is 3.12. The summed E-state index contributed by atoms with van der Waals surface area (Å²) in [6.07, 6.45) is 2.97. The average Bonchev–Trinajstić information content (AvgIpc) is 2.66. The molecule has 2 aromatic rings. The molecule has 9 nitrogen and oxygen atoms in total. The predicted molar refractivity (Wildman–Crippen MR) is 96.2 cm³/mol. The van der Waals surface area contributed by atoms with Gasteiger partial charge in [-0.1, -0.05) is 12.5 Å². The molecule has 0 spiro atoms. The molecule has 1 aromatic heterocycles. The molecule has 1 aliphatic carbocycles. The van der Waals surface area contributed by atoms with E-state index in [1.54, 1.807) is 6.07 Å². The monoisotopic (exact) mass is 373 g/mol. The molecule has 27 heavy (non-hydrogen) atoms. The maximum atomic E-state index is 13.2. The van der Waals surface area contributed by atoms with Gasteiger partial charge in [0, 0.05) is 23.3 Å². The molecule has 1 heterocycles. The summed E-state index contributed by atoms with van der Waals surface area (Å²) in [4.78, 5) is 24.8. The summed E-state index contributed by atoms with van der Waals surface area (Å²) in [5.74, 6) is -0.766. The Bertz CT molecular complexity index is 918. The lowest BCUT2D eigenvalue weighted by molar-refractivity contribution is -0.394. The van der Waals surface area contributed by atoms with Gasteiger partial charge in [-0.15, -0.1) is 0 Å². The molecule has 1 aromatic carbocycles. The van der Waals surface area contributed by atoms with E-state index >= 15 is 0 Å². The van der Waals surface area contributed by atoms with Gasteiger partial charge >= 0.3 is 0 Å². The molecule has 10 heteroatoms. The number of hydrazone groups is 1. The number of nitro benzene ring substituents is 2. The molecule has 0 aliphatic heterocycles. The highest BCUT2D eigenvalue weighted by Gasteiger charge is 2.30. The molecule has 0 radical (unpaired) electrons. The Hall–Kier alpha value is -3.43. The van der Waals surface area contributed by atoms with Crippen molar-refractivity contribution in [2.24, 2.45) is 5.10 Å². The quantitative estimate of drug-likeness (QED) is 0.477. The first-order chi connectivity index (χ1) is 13.0. The smallest absolute Gasteiger partial charge is 0.261 e. The number of hydrogen-bond donors (Lipinski definition) is 1. The van der Waals surface area contributed by atoms with Crippen LogP contribution in [-0.2, 0) is 0 Å². The van der Waals surface area contributed by atoms with Crippen LogP contribution in [0, 0.1) is 26.2 Å². The van der Waals surface area contributed by atoms with E-state index < -0.39 is 15.8 Å². The zero-order chi connectivity index (χ0) is 19.4. The third kappa shape index (κ3) is 4.22. The van der Waals surface area contributed by atoms with Crippen LogP contribution in [-0.4, -0.2) is 20.5 Å². The number of benzene rings is 1. The zero-order valence-electron chi connectivity index (χ0n) is 14.2. The fourth-order valence-corrected chi connectivity index (χ4v) is 3.16. The molecule has 3 rings (SSSR count). The number of hydrogen-bond acceptors (Lipinski definition) is 7. The largest absolute Gasteiger partial charge is 0.280 e. The first kappa shape index (κ1) is 18.4. The van der Waals surface area contributed by atoms with Crippen molar-refractivity contribution in [1.82, 2.24) is 4.98 Å². The molecule has 1 atom stereocenters. The predicted octanol–water partition coefficient (Wildman–Crippen LogP) is 4.16. The Labute approximate surface area is 153 Å². The number of nitro groups is 2. The number of nitrogens with zero attached hydrogens (tertiary/aromatic N) is 4. The Kier molecular flexibility index (Phi) is 5.34. The number of anilines is 1. The van der Waals surface area contributed by atoms with Gasteiger partial charge in [-0.3, -0.25) is 25.7 Å². The summed E-state index contributed by atoms with van der Waals surface area (Å²) in [5, 5.41) is 26.7. The molecule has 0 bridgehead atoms. The van der Waals surface area contributed by atoms with Crippen LogP contribution in [0.4, 0.5) is 21.6 Å². The van der Waals surface area contributed by atoms with Gasteiger partial charge in [0.2, 0.25) is 5.95 Å². The number of pyridine rings is 1. The van der Waals surface area contributed by atoms with Crippen LogP contribution in [0.25, 0.3) is 0 Å². The van der Waals surface area contributed by atoms with Crippen molar-refractivity contribution in [2.75, 3.05) is 5.43 Å². The van der Waals surface area contributed by atoms with Crippen LogP contribution in [0.1, 0.15) is 37.2 Å². The van der Waals surface area contributed by atoms with E-state index in [4.69, 9.17) is 0 Å². The Balaban J connectivity index is 1.94. The lowest BCUT2D eigenvalue weighted by Crippen LogP contribution is -2.20. The molecule has 0 unspecified atom stereocenters. The first-order valence-electron chi connectivity index (χ1n) is 8.33. The van der Waals surface area contributed by atoms with Crippen molar-refractivity contribution < 1.29 is 14.2 Å². The van der Waals surface area contributed by atoms with Crippen molar-refractivity contribution >= 4 is 22.9 Å². The molecular formula is C17H16FN5O4. The van der Waals surface area contributed by atoms with E-state index in [0.717, 1.165) is 18.9 Å². The number of rotatable bonds is 5. The second-order valence-electron chi connectivity index (χ2n) is 6.12. The molecule has 140 valence electrons. The van der Waals surface area contributed by atoms with Crippen LogP contribution in [0.2, 0.25) is 0 Å². The second-order valence-corrected chi connectivity index (χ2v) is 6.12. The van der Waals surface area contributed by atoms with Gasteiger partial charge in [0.25, 0.3) is 11.4 Å². The van der Waals surface area contributed by atoms with Gasteiger partial charge in [-0.05, 0) is 37.5 Å². The maximum Gasteiger partial charge on any atom is 0.280 e. The highest BCUT2D eigenvalue weighted by Crippen LogP contribution is 2.37. The van der Waals surface area contributed by atoms with Crippen LogP contribution in [0.15, 0.2) is 41.5 Å². The standard InChI is InChI=1S/C17H16FN5O4/c18-16-6-3-7-17(19-16)21-20-14-5-2-1-4-12(14)13-9-8-11(22(24)25)10-15(13)23(26)27/h3,6-10,12H,1-2,4-5H2,(H,19,21)/b20-14+/t12-/m0/s1. The van der Waals surface area contributed by atoms with Gasteiger partial charge in [-0.25, -0.2) is 4.98 Å². The van der Waals surface area contributed by atoms with E-state index in [1.165, 1.54) is 24.3 Å². The van der Waals surface area contributed by atoms with Crippen LogP contribution >= 0.6 is 0 Å². The van der Waals surface area contributed by atoms with Crippen molar-refractivity contribution in [2.45, 2.75) is 31.6 Å². The van der Waals surface area contributed by atoms with Crippen molar-refractivity contribution in [3.8, 4) is 0 Å². The Morgan fingerprint density at radius 1 is 1.15 bits per heavy atom. The van der Waals surface area contributed by atoms with Crippen LogP contribution < -0.4 is 5.43 Å². The third-order valence-corrected chi connectivity index (χ3v) is 4.40. The number of aromatic nitrogens is 1. The summed E-state index contributed by atoms with van der Waals surface area (Å²) in [6, 6.07) is 7.91. The fourth-order valence-electron chi connectivity index (χ4n) is 3.16. The molecule has 0 saturated heterocycles. The molecule has 1 fully saturated rings. The maximum absolute atomic E-state index is 13.2. The lowest BCUT2D eigenvalue weighted by Gasteiger charge is -2.24. The van der Waals surface area contributed by atoms with Crippen LogP contribution in [0.3, 0.4) is 0 Å². The van der Waals surface area contributed by atoms with E-state index in [9.17, 15) is 24.6 Å². The van der Waals surface area contributed by atoms with Gasteiger partial charge in [0.05, 0.1) is 15.9 Å². The molecule has 1 saturated carbocycles. The van der Waals surface area contributed by atoms with E-state index in [-0.39, 0.29) is 23.1 Å². The zero-order valence-corrected chi connectivity index (χ0v) is 14.2. The minimum atomic E-state index is -0.663. The summed E-state index contributed by atoms with van der Waals surface area (Å²) in [7, 11) is 0. The summed E-state index contributed by atoms with van der Waals surface area (Å²) < 4.78 is 13.2. The third-order valence-electron chi connectivity index (χ3n) is 4.40.